The summed E-state index contributed by atoms with van der Waals surface area (Å²) in [6.45, 7) is 4.86. The molecule has 0 radical (unpaired) electrons. The van der Waals surface area contributed by atoms with Crippen molar-refractivity contribution >= 4 is 0 Å². The van der Waals surface area contributed by atoms with E-state index in [2.05, 4.69) is 15.5 Å². The van der Waals surface area contributed by atoms with Gasteiger partial charge in [-0.3, -0.25) is 0 Å². The normalized spacial score (nSPS) is 13.2. The van der Waals surface area contributed by atoms with Crippen LogP contribution in [-0.4, -0.2) is 34.4 Å². The molecular formula is C8H15N3O2. The highest BCUT2D eigenvalue weighted by molar-refractivity contribution is 4.83. The average molecular weight is 185 g/mol. The van der Waals surface area contributed by atoms with E-state index < -0.39 is 0 Å². The number of aromatic nitrogens is 2. The summed E-state index contributed by atoms with van der Waals surface area (Å²) < 4.78 is 4.91. The van der Waals surface area contributed by atoms with Gasteiger partial charge in [0.2, 0.25) is 5.89 Å². The van der Waals surface area contributed by atoms with Crippen LogP contribution in [-0.2, 0) is 6.42 Å². The molecule has 74 valence electrons. The molecule has 0 fully saturated rings. The number of aryl methyl sites for hydroxylation is 1. The molecule has 0 saturated carbocycles. The summed E-state index contributed by atoms with van der Waals surface area (Å²) in [5.41, 5.74) is 0. The highest BCUT2D eigenvalue weighted by Gasteiger charge is 2.01. The molecule has 13 heavy (non-hydrogen) atoms. The molecule has 1 atom stereocenters. The maximum atomic E-state index is 8.94. The molecule has 1 heterocycles. The van der Waals surface area contributed by atoms with Crippen LogP contribution in [0.5, 0.6) is 0 Å². The van der Waals surface area contributed by atoms with E-state index in [4.69, 9.17) is 9.63 Å². The first kappa shape index (κ1) is 10.1. The zero-order valence-corrected chi connectivity index (χ0v) is 7.95. The maximum Gasteiger partial charge on any atom is 0.227 e. The first-order valence-corrected chi connectivity index (χ1v) is 4.36. The summed E-state index contributed by atoms with van der Waals surface area (Å²) in [5, 5.41) is 15.7. The maximum absolute atomic E-state index is 8.94. The lowest BCUT2D eigenvalue weighted by Crippen LogP contribution is -2.26. The minimum Gasteiger partial charge on any atom is -0.392 e. The number of aliphatic hydroxyl groups excluding tert-OH is 1. The fourth-order valence-electron chi connectivity index (χ4n) is 0.948. The van der Waals surface area contributed by atoms with Gasteiger partial charge in [-0.15, -0.1) is 0 Å². The standard InChI is InChI=1S/C8H15N3O2/c1-6(12)5-9-4-3-8-10-7(2)11-13-8/h6,9,12H,3-5H2,1-2H3/t6-/m1/s1. The van der Waals surface area contributed by atoms with E-state index in [1.807, 2.05) is 0 Å². The van der Waals surface area contributed by atoms with Crippen molar-refractivity contribution in [3.8, 4) is 0 Å². The second kappa shape index (κ2) is 4.94. The van der Waals surface area contributed by atoms with Gasteiger partial charge in [-0.1, -0.05) is 5.16 Å². The van der Waals surface area contributed by atoms with Crippen LogP contribution >= 0.6 is 0 Å². The van der Waals surface area contributed by atoms with Gasteiger partial charge in [-0.2, -0.15) is 4.98 Å². The molecule has 0 spiro atoms. The van der Waals surface area contributed by atoms with Gasteiger partial charge in [0.1, 0.15) is 0 Å². The summed E-state index contributed by atoms with van der Waals surface area (Å²) in [7, 11) is 0. The molecule has 0 aliphatic rings. The molecule has 2 N–H and O–H groups in total. The van der Waals surface area contributed by atoms with Crippen LogP contribution in [0, 0.1) is 6.92 Å². The predicted molar refractivity (Wildman–Crippen MR) is 47.3 cm³/mol. The van der Waals surface area contributed by atoms with Crippen LogP contribution in [0.1, 0.15) is 18.6 Å². The molecule has 5 nitrogen and oxygen atoms in total. The Morgan fingerprint density at radius 3 is 2.92 bits per heavy atom. The van der Waals surface area contributed by atoms with E-state index >= 15 is 0 Å². The van der Waals surface area contributed by atoms with Crippen molar-refractivity contribution in [1.82, 2.24) is 15.5 Å². The zero-order chi connectivity index (χ0) is 9.68. The number of rotatable bonds is 5. The van der Waals surface area contributed by atoms with Crippen LogP contribution < -0.4 is 5.32 Å². The van der Waals surface area contributed by atoms with Crippen LogP contribution in [0.15, 0.2) is 4.52 Å². The van der Waals surface area contributed by atoms with Crippen molar-refractivity contribution in [2.45, 2.75) is 26.4 Å². The molecule has 1 aromatic heterocycles. The van der Waals surface area contributed by atoms with E-state index in [-0.39, 0.29) is 6.10 Å². The van der Waals surface area contributed by atoms with Crippen molar-refractivity contribution < 1.29 is 9.63 Å². The van der Waals surface area contributed by atoms with Crippen LogP contribution in [0.4, 0.5) is 0 Å². The Labute approximate surface area is 77.2 Å². The van der Waals surface area contributed by atoms with Gasteiger partial charge in [-0.05, 0) is 13.8 Å². The smallest absolute Gasteiger partial charge is 0.227 e. The average Bonchev–Trinajstić information content (AvgIpc) is 2.45. The lowest BCUT2D eigenvalue weighted by atomic mass is 10.3. The monoisotopic (exact) mass is 185 g/mol. The SMILES string of the molecule is Cc1noc(CCNC[C@@H](C)O)n1. The van der Waals surface area contributed by atoms with E-state index in [1.165, 1.54) is 0 Å². The Kier molecular flexibility index (Phi) is 3.85. The Bertz CT molecular complexity index is 247. The van der Waals surface area contributed by atoms with Crippen molar-refractivity contribution in [1.29, 1.82) is 0 Å². The van der Waals surface area contributed by atoms with Crippen LogP contribution in [0.2, 0.25) is 0 Å². The van der Waals surface area contributed by atoms with Gasteiger partial charge in [0.05, 0.1) is 6.10 Å². The second-order valence-corrected chi connectivity index (χ2v) is 3.04. The Hall–Kier alpha value is -0.940. The molecule has 5 heteroatoms. The van der Waals surface area contributed by atoms with Crippen LogP contribution in [0.25, 0.3) is 0 Å². The fourth-order valence-corrected chi connectivity index (χ4v) is 0.948. The van der Waals surface area contributed by atoms with E-state index in [1.54, 1.807) is 13.8 Å². The molecule has 1 rings (SSSR count). The lowest BCUT2D eigenvalue weighted by molar-refractivity contribution is 0.191. The third-order valence-electron chi connectivity index (χ3n) is 1.53. The summed E-state index contributed by atoms with van der Waals surface area (Å²) in [4.78, 5) is 4.05. The highest BCUT2D eigenvalue weighted by Crippen LogP contribution is 1.95. The molecule has 1 aromatic rings. The van der Waals surface area contributed by atoms with Crippen molar-refractivity contribution in [3.63, 3.8) is 0 Å². The van der Waals surface area contributed by atoms with E-state index in [0.29, 0.717) is 24.7 Å². The fraction of sp³-hybridized carbons (Fsp3) is 0.750. The summed E-state index contributed by atoms with van der Waals surface area (Å²) in [6.07, 6.45) is 0.387. The topological polar surface area (TPSA) is 71.2 Å². The Morgan fingerprint density at radius 1 is 1.62 bits per heavy atom. The van der Waals surface area contributed by atoms with Crippen molar-refractivity contribution in [2.75, 3.05) is 13.1 Å². The van der Waals surface area contributed by atoms with Crippen molar-refractivity contribution in [3.05, 3.63) is 11.7 Å². The summed E-state index contributed by atoms with van der Waals surface area (Å²) >= 11 is 0. The minimum absolute atomic E-state index is 0.315. The highest BCUT2D eigenvalue weighted by atomic mass is 16.5. The Morgan fingerprint density at radius 2 is 2.38 bits per heavy atom. The van der Waals surface area contributed by atoms with Gasteiger partial charge in [-0.25, -0.2) is 0 Å². The number of nitrogens with one attached hydrogen (secondary N) is 1. The first-order valence-electron chi connectivity index (χ1n) is 4.36. The molecule has 0 unspecified atom stereocenters. The molecule has 0 saturated heterocycles. The van der Waals surface area contributed by atoms with Gasteiger partial charge in [0.15, 0.2) is 5.82 Å². The molecule has 0 aromatic carbocycles. The van der Waals surface area contributed by atoms with Gasteiger partial charge < -0.3 is 14.9 Å². The zero-order valence-electron chi connectivity index (χ0n) is 7.95. The molecule has 0 amide bonds. The minimum atomic E-state index is -0.315. The quantitative estimate of drug-likeness (QED) is 0.626. The number of aliphatic hydroxyl groups is 1. The number of hydrogen-bond acceptors (Lipinski definition) is 5. The van der Waals surface area contributed by atoms with Crippen molar-refractivity contribution in [2.24, 2.45) is 0 Å². The van der Waals surface area contributed by atoms with Crippen LogP contribution in [0.3, 0.4) is 0 Å². The molecule has 0 aliphatic heterocycles. The third kappa shape index (κ3) is 4.00. The second-order valence-electron chi connectivity index (χ2n) is 3.04. The third-order valence-corrected chi connectivity index (χ3v) is 1.53. The lowest BCUT2D eigenvalue weighted by Gasteiger charge is -2.04. The molecule has 0 aliphatic carbocycles. The first-order chi connectivity index (χ1) is 6.18. The van der Waals surface area contributed by atoms with E-state index in [0.717, 1.165) is 6.54 Å². The van der Waals surface area contributed by atoms with Gasteiger partial charge in [0.25, 0.3) is 0 Å². The Balaban J connectivity index is 2.13. The van der Waals surface area contributed by atoms with Gasteiger partial charge in [0, 0.05) is 19.5 Å². The largest absolute Gasteiger partial charge is 0.392 e. The van der Waals surface area contributed by atoms with Gasteiger partial charge >= 0.3 is 0 Å². The predicted octanol–water partition coefficient (Wildman–Crippen LogP) is -0.109. The summed E-state index contributed by atoms with van der Waals surface area (Å²) in [6, 6.07) is 0. The molecular weight excluding hydrogens is 170 g/mol. The number of nitrogens with zero attached hydrogens (tertiary/aromatic N) is 2. The summed E-state index contributed by atoms with van der Waals surface area (Å²) in [5.74, 6) is 1.29. The van der Waals surface area contributed by atoms with E-state index in [9.17, 15) is 0 Å². The molecule has 0 bridgehead atoms. The number of hydrogen-bond donors (Lipinski definition) is 2.